The van der Waals surface area contributed by atoms with Crippen molar-refractivity contribution in [3.8, 4) is 29.6 Å². The van der Waals surface area contributed by atoms with E-state index in [2.05, 4.69) is 26.7 Å². The molecule has 0 saturated carbocycles. The maximum atomic E-state index is 12.8. The zero-order chi connectivity index (χ0) is 31.0. The van der Waals surface area contributed by atoms with Crippen LogP contribution in [0.15, 0.2) is 65.6 Å². The molecule has 1 heterocycles. The van der Waals surface area contributed by atoms with Gasteiger partial charge in [0, 0.05) is 43.2 Å². The number of aromatic nitrogens is 1. The van der Waals surface area contributed by atoms with Crippen LogP contribution in [0.2, 0.25) is 0 Å². The molecule has 0 atom stereocenters. The number of unbranched alkanes of at least 4 members (excludes halogenated alkanes) is 3. The zero-order valence-electron chi connectivity index (χ0n) is 23.9. The lowest BCUT2D eigenvalue weighted by molar-refractivity contribution is 0.0943. The number of hydrogen-bond acceptors (Lipinski definition) is 8. The number of carbonyl (C=O) groups excluding carboxylic acids is 3. The lowest BCUT2D eigenvalue weighted by Crippen LogP contribution is -2.30. The number of nitrogens with one attached hydrogen (secondary N) is 3. The number of nitrogens with two attached hydrogens (primary N) is 1. The fraction of sp³-hybridized carbons (Fsp3) is 0.290. The molecule has 0 aliphatic heterocycles. The molecule has 0 aliphatic carbocycles. The van der Waals surface area contributed by atoms with E-state index in [0.29, 0.717) is 55.8 Å². The molecule has 3 aromatic rings. The van der Waals surface area contributed by atoms with Crippen LogP contribution in [0.25, 0.3) is 0 Å². The van der Waals surface area contributed by atoms with Gasteiger partial charge in [0.15, 0.2) is 11.5 Å². The topological polar surface area (TPSA) is 163 Å². The number of hydrogen-bond donors (Lipinski definition) is 4. The quantitative estimate of drug-likeness (QED) is 0.112. The van der Waals surface area contributed by atoms with Crippen LogP contribution in [0, 0.1) is 12.3 Å². The maximum Gasteiger partial charge on any atom is 0.325 e. The Morgan fingerprint density at radius 2 is 1.44 bits per heavy atom. The minimum Gasteiger partial charge on any atom is -0.491 e. The van der Waals surface area contributed by atoms with Gasteiger partial charge >= 0.3 is 5.56 Å². The second kappa shape index (κ2) is 16.9. The number of methoxy groups -OCH3 is 1. The van der Waals surface area contributed by atoms with E-state index in [4.69, 9.17) is 21.9 Å². The van der Waals surface area contributed by atoms with Gasteiger partial charge in [0.2, 0.25) is 0 Å². The highest BCUT2D eigenvalue weighted by molar-refractivity contribution is 5.95. The third-order valence-corrected chi connectivity index (χ3v) is 6.20. The van der Waals surface area contributed by atoms with Crippen molar-refractivity contribution in [2.24, 2.45) is 5.90 Å². The van der Waals surface area contributed by atoms with Gasteiger partial charge in [-0.1, -0.05) is 6.07 Å². The fourth-order valence-corrected chi connectivity index (χ4v) is 3.89. The number of rotatable bonds is 16. The molecule has 0 fully saturated rings. The summed E-state index contributed by atoms with van der Waals surface area (Å²) in [6, 6.07) is 14.1. The van der Waals surface area contributed by atoms with Crippen molar-refractivity contribution in [2.45, 2.75) is 32.1 Å². The second-order valence-corrected chi connectivity index (χ2v) is 9.33. The number of carbonyl (C=O) groups is 3. The van der Waals surface area contributed by atoms with E-state index in [0.717, 1.165) is 17.6 Å². The molecule has 0 saturated heterocycles. The van der Waals surface area contributed by atoms with Gasteiger partial charge in [0.25, 0.3) is 17.7 Å². The van der Waals surface area contributed by atoms with Crippen molar-refractivity contribution in [1.82, 2.24) is 20.7 Å². The lowest BCUT2D eigenvalue weighted by atomic mass is 10.2. The Morgan fingerprint density at radius 1 is 0.814 bits per heavy atom. The lowest BCUT2D eigenvalue weighted by Gasteiger charge is -2.13. The van der Waals surface area contributed by atoms with E-state index in [1.807, 2.05) is 0 Å². The molecule has 1 aromatic heterocycles. The summed E-state index contributed by atoms with van der Waals surface area (Å²) in [6.45, 7) is 1.30. The predicted octanol–water partition coefficient (Wildman–Crippen LogP) is 2.42. The van der Waals surface area contributed by atoms with Crippen LogP contribution in [0.5, 0.6) is 17.2 Å². The number of pyridine rings is 1. The molecule has 3 rings (SSSR count). The van der Waals surface area contributed by atoms with E-state index < -0.39 is 11.5 Å². The summed E-state index contributed by atoms with van der Waals surface area (Å²) in [7, 11) is 1.32. The van der Waals surface area contributed by atoms with Gasteiger partial charge in [-0.2, -0.15) is 5.90 Å². The van der Waals surface area contributed by atoms with Crippen LogP contribution < -0.4 is 41.8 Å². The number of nitrogens with zero attached hydrogens (tertiary/aromatic N) is 1. The highest BCUT2D eigenvalue weighted by Gasteiger charge is 2.15. The van der Waals surface area contributed by atoms with Crippen LogP contribution in [0.4, 0.5) is 0 Å². The summed E-state index contributed by atoms with van der Waals surface area (Å²) in [5, 5.41) is 8.42. The average molecular weight is 590 g/mol. The molecular formula is C31H35N5O7. The molecule has 12 heteroatoms. The van der Waals surface area contributed by atoms with Crippen molar-refractivity contribution in [1.29, 1.82) is 0 Å². The minimum atomic E-state index is -0.617. The Kier molecular flexibility index (Phi) is 12.6. The molecule has 43 heavy (non-hydrogen) atoms. The van der Waals surface area contributed by atoms with E-state index in [9.17, 15) is 19.2 Å². The van der Waals surface area contributed by atoms with E-state index in [1.54, 1.807) is 42.5 Å². The Bertz CT molecular complexity index is 1500. The molecular weight excluding hydrogens is 554 g/mol. The molecule has 3 amide bonds. The van der Waals surface area contributed by atoms with Crippen LogP contribution >= 0.6 is 0 Å². The summed E-state index contributed by atoms with van der Waals surface area (Å²) in [5.41, 5.74) is 0.369. The first-order valence-electron chi connectivity index (χ1n) is 13.7. The molecule has 0 unspecified atom stereocenters. The number of terminal acetylenes is 1. The molecule has 5 N–H and O–H groups in total. The molecule has 0 bridgehead atoms. The van der Waals surface area contributed by atoms with Crippen molar-refractivity contribution < 1.29 is 28.8 Å². The first-order valence-corrected chi connectivity index (χ1v) is 13.7. The molecule has 2 aromatic carbocycles. The van der Waals surface area contributed by atoms with Crippen molar-refractivity contribution in [3.05, 3.63) is 87.8 Å². The molecule has 0 spiro atoms. The minimum absolute atomic E-state index is 0.0870. The van der Waals surface area contributed by atoms with Crippen LogP contribution in [0.3, 0.4) is 0 Å². The van der Waals surface area contributed by atoms with Crippen molar-refractivity contribution in [2.75, 3.05) is 26.7 Å². The predicted molar refractivity (Wildman–Crippen MR) is 160 cm³/mol. The van der Waals surface area contributed by atoms with Gasteiger partial charge < -0.3 is 30.4 Å². The SMILES string of the molecule is C#CCCCNC(=O)c1cccc(On2cc(C(=O)NCCCCCNC(=O)c3ccc(ON)cc3)cc(OC)c2=O)c1. The van der Waals surface area contributed by atoms with Gasteiger partial charge in [0.05, 0.1) is 18.9 Å². The zero-order valence-corrected chi connectivity index (χ0v) is 23.9. The van der Waals surface area contributed by atoms with Gasteiger partial charge in [-0.25, -0.2) is 0 Å². The molecule has 0 radical (unpaired) electrons. The van der Waals surface area contributed by atoms with E-state index in [1.165, 1.54) is 25.4 Å². The van der Waals surface area contributed by atoms with Gasteiger partial charge in [-0.3, -0.25) is 19.2 Å². The monoisotopic (exact) mass is 589 g/mol. The fourth-order valence-electron chi connectivity index (χ4n) is 3.89. The number of ether oxygens (including phenoxy) is 1. The molecule has 0 aliphatic rings. The Hall–Kier alpha value is -5.28. The molecule has 12 nitrogen and oxygen atoms in total. The third-order valence-electron chi connectivity index (χ3n) is 6.20. The van der Waals surface area contributed by atoms with Crippen molar-refractivity contribution >= 4 is 17.7 Å². The Morgan fingerprint density at radius 3 is 2.07 bits per heavy atom. The smallest absolute Gasteiger partial charge is 0.325 e. The summed E-state index contributed by atoms with van der Waals surface area (Å²) in [5.74, 6) is 7.26. The number of amides is 3. The summed E-state index contributed by atoms with van der Waals surface area (Å²) in [4.78, 5) is 60.5. The standard InChI is InChI=1S/C31H35N5O7/c1-3-4-6-16-34-29(38)23-10-9-11-26(19-23)43-36-21-24(20-27(41-2)31(36)40)30(39)35-18-8-5-7-17-33-28(37)22-12-14-25(42-32)15-13-22/h1,9-15,19-21H,4-8,16-18,32H2,2H3,(H,33,37)(H,34,38)(H,35,39). The second-order valence-electron chi connectivity index (χ2n) is 9.33. The highest BCUT2D eigenvalue weighted by Crippen LogP contribution is 2.16. The Labute approximate surface area is 249 Å². The molecule has 226 valence electrons. The average Bonchev–Trinajstić information content (AvgIpc) is 3.03. The summed E-state index contributed by atoms with van der Waals surface area (Å²) >= 11 is 0. The third kappa shape index (κ3) is 9.94. The van der Waals surface area contributed by atoms with Crippen LogP contribution in [-0.4, -0.2) is 49.2 Å². The van der Waals surface area contributed by atoms with E-state index in [-0.39, 0.29) is 28.9 Å². The van der Waals surface area contributed by atoms with Crippen molar-refractivity contribution in [3.63, 3.8) is 0 Å². The summed E-state index contributed by atoms with van der Waals surface area (Å²) < 4.78 is 6.04. The Balaban J connectivity index is 1.50. The highest BCUT2D eigenvalue weighted by atomic mass is 16.7. The number of benzene rings is 2. The van der Waals surface area contributed by atoms with E-state index >= 15 is 0 Å². The van der Waals surface area contributed by atoms with Gasteiger partial charge in [-0.05, 0) is 68.1 Å². The first-order chi connectivity index (χ1) is 20.9. The maximum absolute atomic E-state index is 12.8. The summed E-state index contributed by atoms with van der Waals surface area (Å²) in [6.07, 6.45) is 9.86. The van der Waals surface area contributed by atoms with Crippen LogP contribution in [-0.2, 0) is 0 Å². The van der Waals surface area contributed by atoms with Crippen LogP contribution in [0.1, 0.15) is 63.2 Å². The first kappa shape index (κ1) is 32.2. The van der Waals surface area contributed by atoms with Gasteiger partial charge in [-0.15, -0.1) is 17.1 Å². The normalized spacial score (nSPS) is 10.3. The van der Waals surface area contributed by atoms with Gasteiger partial charge in [0.1, 0.15) is 5.75 Å². The largest absolute Gasteiger partial charge is 0.491 e.